The molecule has 17 rings (SSSR count). The average molecular weight is 1810 g/mol. The highest BCUT2D eigenvalue weighted by Crippen LogP contribution is 2.44. The van der Waals surface area contributed by atoms with Crippen molar-refractivity contribution in [1.82, 2.24) is 79.6 Å². The van der Waals surface area contributed by atoms with Gasteiger partial charge in [0.15, 0.2) is 34.7 Å². The second-order valence-electron chi connectivity index (χ2n) is 31.4. The number of halogens is 2. The van der Waals surface area contributed by atoms with Crippen LogP contribution in [0.1, 0.15) is 130 Å². The molecule has 0 bridgehead atoms. The summed E-state index contributed by atoms with van der Waals surface area (Å²) in [6.45, 7) is 20.1. The summed E-state index contributed by atoms with van der Waals surface area (Å²) in [5.74, 6) is 5.15. The Labute approximate surface area is 735 Å². The van der Waals surface area contributed by atoms with E-state index in [0.29, 0.717) is 86.1 Å². The number of anilines is 9. The number of carbonyl (C=O) groups is 3. The minimum absolute atomic E-state index is 0. The minimum atomic E-state index is -0.648. The van der Waals surface area contributed by atoms with Crippen molar-refractivity contribution in [2.75, 3.05) is 53.2 Å². The summed E-state index contributed by atoms with van der Waals surface area (Å²) >= 11 is 6.64. The fourth-order valence-corrected chi connectivity index (χ4v) is 13.0. The Kier molecular flexibility index (Phi) is 30.9. The van der Waals surface area contributed by atoms with Gasteiger partial charge < -0.3 is 74.0 Å². The van der Waals surface area contributed by atoms with Crippen LogP contribution in [0.3, 0.4) is 0 Å². The van der Waals surface area contributed by atoms with E-state index in [0.717, 1.165) is 81.2 Å². The van der Waals surface area contributed by atoms with Crippen LogP contribution in [0.5, 0.6) is 17.2 Å². The summed E-state index contributed by atoms with van der Waals surface area (Å²) in [5.41, 5.74) is 7.05. The summed E-state index contributed by atoms with van der Waals surface area (Å²) in [6.07, 6.45) is 18.8. The highest BCUT2D eigenvalue weighted by Gasteiger charge is 2.58. The van der Waals surface area contributed by atoms with Crippen LogP contribution in [0.25, 0.3) is 45.4 Å². The van der Waals surface area contributed by atoms with Crippen LogP contribution in [0.2, 0.25) is 0 Å². The normalized spacial score (nSPS) is 17.1. The van der Waals surface area contributed by atoms with E-state index in [9.17, 15) is 14.4 Å². The molecule has 3 saturated heterocycles. The third-order valence-corrected chi connectivity index (χ3v) is 21.9. The molecule has 0 radical (unpaired) electrons. The zero-order valence-corrected chi connectivity index (χ0v) is 72.7. The predicted octanol–water partition coefficient (Wildman–Crippen LogP) is 15.1. The van der Waals surface area contributed by atoms with Crippen molar-refractivity contribution < 1.29 is 56.5 Å². The number of aryl methyl sites for hydroxylation is 3. The molecule has 648 valence electrons. The molecule has 3 aliphatic carbocycles. The van der Waals surface area contributed by atoms with Crippen molar-refractivity contribution >= 4 is 128 Å². The van der Waals surface area contributed by atoms with Crippen LogP contribution in [-0.2, 0) is 63.5 Å². The van der Waals surface area contributed by atoms with Crippen LogP contribution < -0.4 is 51.6 Å². The number of carbonyl (C=O) groups excluding carboxylic acids is 3. The molecular formula is C84H107B3Br2N22O12. The Morgan fingerprint density at radius 3 is 1.16 bits per heavy atom. The second-order valence-corrected chi connectivity index (χ2v) is 33.0. The van der Waals surface area contributed by atoms with E-state index >= 15 is 0 Å². The molecule has 6 aliphatic rings. The highest BCUT2D eigenvalue weighted by atomic mass is 79.9. The van der Waals surface area contributed by atoms with Crippen molar-refractivity contribution in [3.05, 3.63) is 156 Å². The summed E-state index contributed by atoms with van der Waals surface area (Å²) < 4.78 is 59.3. The van der Waals surface area contributed by atoms with E-state index in [1.54, 1.807) is 104 Å². The van der Waals surface area contributed by atoms with Crippen LogP contribution >= 0.6 is 31.9 Å². The molecule has 34 nitrogen and oxygen atoms in total. The van der Waals surface area contributed by atoms with Gasteiger partial charge in [-0.3, -0.25) is 28.4 Å². The number of methoxy groups -OCH3 is 3. The molecule has 123 heavy (non-hydrogen) atoms. The van der Waals surface area contributed by atoms with E-state index in [1.807, 2.05) is 169 Å². The Hall–Kier alpha value is -11.2. The van der Waals surface area contributed by atoms with Crippen molar-refractivity contribution in [3.8, 4) is 62.7 Å². The molecule has 3 saturated carbocycles. The largest absolute Gasteiger partial charge is 0.498 e. The first-order chi connectivity index (χ1) is 57.4. The molecule has 8 aromatic heterocycles. The molecule has 3 amide bonds. The van der Waals surface area contributed by atoms with Crippen molar-refractivity contribution in [1.29, 1.82) is 0 Å². The maximum Gasteiger partial charge on any atom is 0.498 e. The number of pyridine rings is 3. The Bertz CT molecular complexity index is 5410. The van der Waals surface area contributed by atoms with Crippen molar-refractivity contribution in [2.24, 2.45) is 38.9 Å². The van der Waals surface area contributed by atoms with E-state index in [4.69, 9.17) is 42.1 Å². The number of benzene rings is 3. The smallest absolute Gasteiger partial charge is 0.494 e. The molecular weight excluding hydrogens is 1700 g/mol. The van der Waals surface area contributed by atoms with Gasteiger partial charge in [0.05, 0.1) is 111 Å². The lowest BCUT2D eigenvalue weighted by Gasteiger charge is -2.32. The predicted molar refractivity (Wildman–Crippen MR) is 483 cm³/mol. The Morgan fingerprint density at radius 1 is 0.447 bits per heavy atom. The Balaban J connectivity index is 0.000000170. The van der Waals surface area contributed by atoms with Crippen LogP contribution in [0.15, 0.2) is 156 Å². The molecule has 6 fully saturated rings. The zero-order valence-electron chi connectivity index (χ0n) is 69.5. The van der Waals surface area contributed by atoms with Crippen LogP contribution in [0, 0.1) is 17.8 Å². The van der Waals surface area contributed by atoms with Crippen molar-refractivity contribution in [2.45, 2.75) is 165 Å². The molecule has 3 aliphatic heterocycles. The van der Waals surface area contributed by atoms with Crippen LogP contribution in [0.4, 0.5) is 51.6 Å². The SMILES string of the molecule is Brc1cccnn1.C.C.C.CC1OB(B2OC(C)C(C)(C)O2)OC1(C)C.COc1c(Nc2cc(NC(=O)C3CC3)ncc2-c2cccnn2)cccc1-c1ncn(C)n1.COc1c(Nc2cc(NC(=O)C3CC3)ncc2B2OC(C)(C)C(C)(C)O2)cccc1-c1ncn(C)n1.COc1c(Nc2cc(NC(=O)C3CC3)ncc2Br)cccc1-c1ncn(C)n1. The minimum Gasteiger partial charge on any atom is -0.494 e. The molecule has 11 heterocycles. The van der Waals surface area contributed by atoms with Gasteiger partial charge in [0.1, 0.15) is 41.0 Å². The quantitative estimate of drug-likeness (QED) is 0.0364. The van der Waals surface area contributed by atoms with Crippen LogP contribution in [-0.4, -0.2) is 174 Å². The van der Waals surface area contributed by atoms with Gasteiger partial charge in [0.2, 0.25) is 17.7 Å². The lowest BCUT2D eigenvalue weighted by Crippen LogP contribution is -2.41. The standard InChI is InChI=1S/C25H31BN6O4.C23H22N8O2.C19H19BrN6O2.C10H20B2O4.C4H3BrN2.3CH4/c1-24(2)25(3,4)36-26(35-24)17-13-27-20(30-23(33)15-10-11-15)12-19(17)29-18-9-7-8-16(21(18)34-6)22-28-14-32(5)31-22;1-31-13-25-22(30-31)15-5-3-6-18(21(15)33-2)27-19-11-20(28-23(32)14-8-9-14)24-12-16(19)17-7-4-10-26-29-17;1-26-10-22-18(25-26)12-4-3-5-14(17(12)28-2)23-15-8-16(21-9-13(15)20)24-19(27)11-6-7-11;1-7-9(3,4)15-11(13-7)12-14-8(2)10(5,6)16-12;5-4-2-1-3-6-7-4;;;/h7-9,12-15H,10-11H2,1-6H3,(H2,27,29,30,33);3-7,10-14H,8-9H2,1-2H3,(H2,24,27,28,32);3-5,8-11H,6-7H2,1-2H3,(H2,21,23,24,27);7-8H,1-6H3;1-3H;3*1H4. The number of aromatic nitrogens is 16. The maximum absolute atomic E-state index is 12.4. The fourth-order valence-electron chi connectivity index (χ4n) is 12.4. The van der Waals surface area contributed by atoms with Gasteiger partial charge in [0, 0.05) is 105 Å². The van der Waals surface area contributed by atoms with Gasteiger partial charge in [-0.15, -0.1) is 5.10 Å². The number of nitrogens with one attached hydrogen (secondary N) is 6. The number of para-hydroxylation sites is 3. The van der Waals surface area contributed by atoms with E-state index < -0.39 is 32.3 Å². The first kappa shape index (κ1) is 94.1. The van der Waals surface area contributed by atoms with E-state index in [-0.39, 0.29) is 81.2 Å². The molecule has 3 aromatic carbocycles. The summed E-state index contributed by atoms with van der Waals surface area (Å²) in [5, 5.41) is 47.5. The van der Waals surface area contributed by atoms with Gasteiger partial charge in [0.25, 0.3) is 0 Å². The summed E-state index contributed by atoms with van der Waals surface area (Å²) in [4.78, 5) is 62.9. The molecule has 39 heteroatoms. The third kappa shape index (κ3) is 23.4. The van der Waals surface area contributed by atoms with Crippen molar-refractivity contribution in [3.63, 3.8) is 0 Å². The van der Waals surface area contributed by atoms with Gasteiger partial charge in [-0.2, -0.15) is 30.6 Å². The third-order valence-electron chi connectivity index (χ3n) is 20.9. The highest BCUT2D eigenvalue weighted by molar-refractivity contribution is 9.10. The summed E-state index contributed by atoms with van der Waals surface area (Å²) in [6, 6.07) is 29.8. The monoisotopic (exact) mass is 1810 g/mol. The maximum atomic E-state index is 12.4. The number of hydrogen-bond acceptors (Lipinski definition) is 28. The lowest BCUT2D eigenvalue weighted by molar-refractivity contribution is -0.118. The van der Waals surface area contributed by atoms with Gasteiger partial charge in [-0.25, -0.2) is 29.9 Å². The first-order valence-electron chi connectivity index (χ1n) is 39.1. The Morgan fingerprint density at radius 2 is 0.821 bits per heavy atom. The summed E-state index contributed by atoms with van der Waals surface area (Å²) in [7, 11) is 8.77. The van der Waals surface area contributed by atoms with E-state index in [1.165, 1.54) is 0 Å². The van der Waals surface area contributed by atoms with Gasteiger partial charge in [-0.05, 0) is 200 Å². The number of ether oxygens (including phenoxy) is 3. The molecule has 2 unspecified atom stereocenters. The molecule has 11 aromatic rings. The number of nitrogens with zero attached hydrogens (tertiary/aromatic N) is 16. The van der Waals surface area contributed by atoms with E-state index in [2.05, 4.69) is 129 Å². The molecule has 6 N–H and O–H groups in total. The lowest BCUT2D eigenvalue weighted by atomic mass is 9.49. The average Bonchev–Trinajstić information content (AvgIpc) is 1.62. The van der Waals surface area contributed by atoms with Gasteiger partial charge >= 0.3 is 21.1 Å². The first-order valence-corrected chi connectivity index (χ1v) is 40.7. The molecule has 2 atom stereocenters. The molecule has 0 spiro atoms. The number of amides is 3. The zero-order chi connectivity index (χ0) is 85.4. The van der Waals surface area contributed by atoms with Gasteiger partial charge in [-0.1, -0.05) is 40.5 Å². The second kappa shape index (κ2) is 40.4. The number of hydrogen-bond donors (Lipinski definition) is 6. The topological polar surface area (TPSA) is 389 Å². The number of rotatable bonds is 21. The fraction of sp³-hybridized carbons (Fsp3) is 0.405.